The molecule has 0 atom stereocenters. The number of amides is 1. The van der Waals surface area contributed by atoms with Crippen LogP contribution < -0.4 is 0 Å². The van der Waals surface area contributed by atoms with Crippen molar-refractivity contribution in [1.29, 1.82) is 0 Å². The van der Waals surface area contributed by atoms with Gasteiger partial charge in [-0.1, -0.05) is 13.0 Å². The van der Waals surface area contributed by atoms with Gasteiger partial charge in [-0.2, -0.15) is 0 Å². The normalized spacial score (nSPS) is 16.3. The van der Waals surface area contributed by atoms with Crippen LogP contribution in [0.25, 0.3) is 0 Å². The Morgan fingerprint density at radius 1 is 1.47 bits per heavy atom. The van der Waals surface area contributed by atoms with Crippen molar-refractivity contribution in [3.05, 3.63) is 11.6 Å². The standard InChI is InChI=1S/C11H17NO3/c1-3-4-8(2)11(15)12(7-10(13)14)9-5-6-9/h4,9H,3,5-7H2,1-2H3,(H,13,14). The Labute approximate surface area is 89.6 Å². The third-order valence-electron chi connectivity index (χ3n) is 2.40. The summed E-state index contributed by atoms with van der Waals surface area (Å²) in [6.07, 6.45) is 4.49. The zero-order valence-electron chi connectivity index (χ0n) is 9.19. The fourth-order valence-corrected chi connectivity index (χ4v) is 1.52. The third-order valence-corrected chi connectivity index (χ3v) is 2.40. The van der Waals surface area contributed by atoms with Crippen LogP contribution in [0, 0.1) is 0 Å². The number of hydrogen-bond acceptors (Lipinski definition) is 2. The highest BCUT2D eigenvalue weighted by atomic mass is 16.4. The SMILES string of the molecule is CCC=C(C)C(=O)N(CC(=O)O)C1CC1. The number of hydrogen-bond donors (Lipinski definition) is 1. The van der Waals surface area contributed by atoms with Crippen molar-refractivity contribution in [2.45, 2.75) is 39.2 Å². The fourth-order valence-electron chi connectivity index (χ4n) is 1.52. The molecule has 4 nitrogen and oxygen atoms in total. The van der Waals surface area contributed by atoms with Crippen LogP contribution in [-0.2, 0) is 9.59 Å². The molecule has 0 bridgehead atoms. The van der Waals surface area contributed by atoms with Crippen LogP contribution in [0.1, 0.15) is 33.1 Å². The molecule has 1 fully saturated rings. The zero-order valence-corrected chi connectivity index (χ0v) is 9.19. The van der Waals surface area contributed by atoms with Crippen molar-refractivity contribution < 1.29 is 14.7 Å². The van der Waals surface area contributed by atoms with Gasteiger partial charge in [-0.25, -0.2) is 0 Å². The van der Waals surface area contributed by atoms with Gasteiger partial charge in [0.25, 0.3) is 0 Å². The topological polar surface area (TPSA) is 57.6 Å². The molecule has 0 aromatic heterocycles. The monoisotopic (exact) mass is 211 g/mol. The largest absolute Gasteiger partial charge is 0.480 e. The summed E-state index contributed by atoms with van der Waals surface area (Å²) in [4.78, 5) is 23.9. The van der Waals surface area contributed by atoms with E-state index in [0.717, 1.165) is 19.3 Å². The number of carbonyl (C=O) groups excluding carboxylic acids is 1. The summed E-state index contributed by atoms with van der Waals surface area (Å²) in [6, 6.07) is 0.147. The molecule has 0 aliphatic heterocycles. The maximum Gasteiger partial charge on any atom is 0.323 e. The molecule has 1 saturated carbocycles. The molecule has 0 radical (unpaired) electrons. The van der Waals surface area contributed by atoms with E-state index in [1.807, 2.05) is 13.0 Å². The minimum absolute atomic E-state index is 0.137. The molecule has 0 heterocycles. The smallest absolute Gasteiger partial charge is 0.323 e. The van der Waals surface area contributed by atoms with Gasteiger partial charge in [-0.3, -0.25) is 9.59 Å². The van der Waals surface area contributed by atoms with Crippen molar-refractivity contribution in [2.75, 3.05) is 6.54 Å². The van der Waals surface area contributed by atoms with E-state index in [-0.39, 0.29) is 18.5 Å². The molecule has 1 rings (SSSR count). The lowest BCUT2D eigenvalue weighted by atomic mass is 10.2. The molecule has 1 aliphatic carbocycles. The summed E-state index contributed by atoms with van der Waals surface area (Å²) in [5, 5.41) is 8.71. The predicted octanol–water partition coefficient (Wildman–Crippen LogP) is 1.42. The molecule has 0 spiro atoms. The number of rotatable bonds is 5. The summed E-state index contributed by atoms with van der Waals surface area (Å²) in [7, 11) is 0. The first-order valence-electron chi connectivity index (χ1n) is 5.25. The van der Waals surface area contributed by atoms with Crippen molar-refractivity contribution in [2.24, 2.45) is 0 Å². The maximum atomic E-state index is 11.8. The number of aliphatic carboxylic acids is 1. The van der Waals surface area contributed by atoms with E-state index in [1.165, 1.54) is 4.90 Å². The second-order valence-corrected chi connectivity index (χ2v) is 3.85. The van der Waals surface area contributed by atoms with E-state index in [1.54, 1.807) is 6.92 Å². The third kappa shape index (κ3) is 3.38. The van der Waals surface area contributed by atoms with Gasteiger partial charge >= 0.3 is 5.97 Å². The van der Waals surface area contributed by atoms with E-state index < -0.39 is 5.97 Å². The Kier molecular flexibility index (Phi) is 3.88. The molecule has 1 amide bonds. The van der Waals surface area contributed by atoms with Crippen LogP contribution in [0.4, 0.5) is 0 Å². The lowest BCUT2D eigenvalue weighted by Gasteiger charge is -2.20. The van der Waals surface area contributed by atoms with Gasteiger partial charge in [0.05, 0.1) is 0 Å². The Morgan fingerprint density at radius 2 is 2.07 bits per heavy atom. The quantitative estimate of drug-likeness (QED) is 0.700. The number of allylic oxidation sites excluding steroid dienone is 1. The van der Waals surface area contributed by atoms with Gasteiger partial charge in [0, 0.05) is 11.6 Å². The molecule has 15 heavy (non-hydrogen) atoms. The van der Waals surface area contributed by atoms with E-state index in [2.05, 4.69) is 0 Å². The first-order valence-corrected chi connectivity index (χ1v) is 5.25. The highest BCUT2D eigenvalue weighted by molar-refractivity contribution is 5.95. The lowest BCUT2D eigenvalue weighted by molar-refractivity contribution is -0.143. The van der Waals surface area contributed by atoms with Gasteiger partial charge in [0.1, 0.15) is 6.54 Å². The minimum atomic E-state index is -0.945. The van der Waals surface area contributed by atoms with Crippen molar-refractivity contribution >= 4 is 11.9 Å². The van der Waals surface area contributed by atoms with Crippen molar-refractivity contribution in [3.8, 4) is 0 Å². The second kappa shape index (κ2) is 4.96. The number of carboxylic acids is 1. The summed E-state index contributed by atoms with van der Waals surface area (Å²) in [6.45, 7) is 3.51. The van der Waals surface area contributed by atoms with E-state index in [0.29, 0.717) is 5.57 Å². The minimum Gasteiger partial charge on any atom is -0.480 e. The number of carbonyl (C=O) groups is 2. The fraction of sp³-hybridized carbons (Fsp3) is 0.636. The van der Waals surface area contributed by atoms with Crippen LogP contribution in [0.5, 0.6) is 0 Å². The van der Waals surface area contributed by atoms with E-state index in [9.17, 15) is 9.59 Å². The first kappa shape index (κ1) is 11.8. The van der Waals surface area contributed by atoms with Crippen LogP contribution in [0.3, 0.4) is 0 Å². The summed E-state index contributed by atoms with van der Waals surface area (Å²) in [5.41, 5.74) is 0.644. The van der Waals surface area contributed by atoms with Crippen molar-refractivity contribution in [3.63, 3.8) is 0 Å². The van der Waals surface area contributed by atoms with Gasteiger partial charge in [0.15, 0.2) is 0 Å². The first-order chi connectivity index (χ1) is 7.06. The average molecular weight is 211 g/mol. The molecule has 4 heteroatoms. The Bertz CT molecular complexity index is 292. The van der Waals surface area contributed by atoms with Crippen LogP contribution in [-0.4, -0.2) is 34.5 Å². The lowest BCUT2D eigenvalue weighted by Crippen LogP contribution is -2.37. The average Bonchev–Trinajstić information content (AvgIpc) is 2.96. The molecule has 0 unspecified atom stereocenters. The van der Waals surface area contributed by atoms with Gasteiger partial charge < -0.3 is 10.0 Å². The van der Waals surface area contributed by atoms with Crippen LogP contribution in [0.15, 0.2) is 11.6 Å². The van der Waals surface area contributed by atoms with Gasteiger partial charge in [0.2, 0.25) is 5.91 Å². The number of carboxylic acid groups (broad SMARTS) is 1. The molecule has 84 valence electrons. The zero-order chi connectivity index (χ0) is 11.4. The van der Waals surface area contributed by atoms with E-state index >= 15 is 0 Å². The summed E-state index contributed by atoms with van der Waals surface area (Å²) < 4.78 is 0. The Morgan fingerprint density at radius 3 is 2.47 bits per heavy atom. The molecule has 1 N–H and O–H groups in total. The predicted molar refractivity (Wildman–Crippen MR) is 56.4 cm³/mol. The summed E-state index contributed by atoms with van der Waals surface area (Å²) >= 11 is 0. The molecule has 1 aliphatic rings. The van der Waals surface area contributed by atoms with Crippen molar-refractivity contribution in [1.82, 2.24) is 4.90 Å². The van der Waals surface area contributed by atoms with Crippen LogP contribution >= 0.6 is 0 Å². The molecular weight excluding hydrogens is 194 g/mol. The second-order valence-electron chi connectivity index (χ2n) is 3.85. The maximum absolute atomic E-state index is 11.8. The number of nitrogens with zero attached hydrogens (tertiary/aromatic N) is 1. The molecule has 0 saturated heterocycles. The van der Waals surface area contributed by atoms with Gasteiger partial charge in [-0.05, 0) is 26.2 Å². The Balaban J connectivity index is 2.66. The van der Waals surface area contributed by atoms with Gasteiger partial charge in [-0.15, -0.1) is 0 Å². The van der Waals surface area contributed by atoms with Crippen LogP contribution in [0.2, 0.25) is 0 Å². The highest BCUT2D eigenvalue weighted by Crippen LogP contribution is 2.27. The molecule has 0 aromatic rings. The van der Waals surface area contributed by atoms with E-state index in [4.69, 9.17) is 5.11 Å². The Hall–Kier alpha value is -1.32. The summed E-state index contributed by atoms with van der Waals surface area (Å²) in [5.74, 6) is -1.08. The highest BCUT2D eigenvalue weighted by Gasteiger charge is 2.34. The molecular formula is C11H17NO3. The molecule has 0 aromatic carbocycles.